The number of H-pyrrole nitrogens is 1. The van der Waals surface area contributed by atoms with Crippen molar-refractivity contribution in [3.05, 3.63) is 51.8 Å². The number of benzene rings is 1. The lowest BCUT2D eigenvalue weighted by molar-refractivity contribution is 0.810. The van der Waals surface area contributed by atoms with Crippen molar-refractivity contribution in [2.75, 3.05) is 12.4 Å². The van der Waals surface area contributed by atoms with Crippen molar-refractivity contribution >= 4 is 17.6 Å². The summed E-state index contributed by atoms with van der Waals surface area (Å²) < 4.78 is 0. The van der Waals surface area contributed by atoms with Gasteiger partial charge in [-0.25, -0.2) is 0 Å². The minimum absolute atomic E-state index is 0.359. The topological polar surface area (TPSA) is 64.0 Å². The van der Waals surface area contributed by atoms with E-state index in [2.05, 4.69) is 63.1 Å². The predicted molar refractivity (Wildman–Crippen MR) is 109 cm³/mol. The van der Waals surface area contributed by atoms with Crippen LogP contribution in [0.2, 0.25) is 0 Å². The summed E-state index contributed by atoms with van der Waals surface area (Å²) in [6, 6.07) is 6.54. The van der Waals surface area contributed by atoms with Gasteiger partial charge in [0.05, 0.1) is 17.9 Å². The third kappa shape index (κ3) is 4.01. The molecule has 134 valence electrons. The summed E-state index contributed by atoms with van der Waals surface area (Å²) in [5.41, 5.74) is 9.03. The van der Waals surface area contributed by atoms with Crippen molar-refractivity contribution in [2.45, 2.75) is 53.5 Å². The molecule has 4 nitrogen and oxygen atoms in total. The highest BCUT2D eigenvalue weighted by molar-refractivity contribution is 6.01. The molecule has 0 aliphatic carbocycles. The average molecular weight is 338 g/mol. The van der Waals surface area contributed by atoms with Crippen LogP contribution in [0.3, 0.4) is 0 Å². The van der Waals surface area contributed by atoms with E-state index in [1.807, 2.05) is 7.05 Å². The first-order valence-corrected chi connectivity index (χ1v) is 8.96. The van der Waals surface area contributed by atoms with E-state index in [1.165, 1.54) is 22.9 Å². The molecule has 0 bridgehead atoms. The molecule has 0 spiro atoms. The smallest absolute Gasteiger partial charge is 0.0800 e. The van der Waals surface area contributed by atoms with E-state index in [0.717, 1.165) is 34.8 Å². The Morgan fingerprint density at radius 2 is 2.04 bits per heavy atom. The van der Waals surface area contributed by atoms with E-state index in [4.69, 9.17) is 10.4 Å². The van der Waals surface area contributed by atoms with Crippen LogP contribution in [0.5, 0.6) is 0 Å². The molecule has 1 aromatic carbocycles. The molecule has 0 saturated carbocycles. The number of nitrogens with one attached hydrogen (secondary N) is 3. The second-order valence-corrected chi connectivity index (χ2v) is 6.79. The fourth-order valence-corrected chi connectivity index (χ4v) is 3.33. The molecule has 3 N–H and O–H groups in total. The Morgan fingerprint density at radius 1 is 1.32 bits per heavy atom. The molecule has 0 radical (unpaired) electrons. The van der Waals surface area contributed by atoms with Gasteiger partial charge in [-0.1, -0.05) is 44.5 Å². The molecule has 1 aromatic heterocycles. The lowest BCUT2D eigenvalue weighted by Crippen LogP contribution is -2.04. The third-order valence-corrected chi connectivity index (χ3v) is 4.59. The van der Waals surface area contributed by atoms with Crippen LogP contribution in [0.25, 0.3) is 0 Å². The first kappa shape index (κ1) is 19.0. The average Bonchev–Trinajstić information content (AvgIpc) is 2.94. The number of aromatic amines is 1. The van der Waals surface area contributed by atoms with E-state index in [0.29, 0.717) is 12.5 Å². The summed E-state index contributed by atoms with van der Waals surface area (Å²) in [5, 5.41) is 10.9. The SMILES string of the molecule is CCC(=NCc1c(C(C)C)[nH]c(C=N)c1NC)c1ccc(C)cc1C. The lowest BCUT2D eigenvalue weighted by Gasteiger charge is -2.11. The summed E-state index contributed by atoms with van der Waals surface area (Å²) in [5.74, 6) is 0.359. The van der Waals surface area contributed by atoms with Crippen molar-refractivity contribution in [2.24, 2.45) is 4.99 Å². The zero-order valence-corrected chi connectivity index (χ0v) is 16.2. The number of hydrogen-bond acceptors (Lipinski definition) is 3. The van der Waals surface area contributed by atoms with Gasteiger partial charge < -0.3 is 15.7 Å². The van der Waals surface area contributed by atoms with Crippen molar-refractivity contribution in [1.29, 1.82) is 5.41 Å². The van der Waals surface area contributed by atoms with E-state index in [1.54, 1.807) is 0 Å². The number of aliphatic imine (C=N–C) groups is 1. The molecule has 0 unspecified atom stereocenters. The molecule has 25 heavy (non-hydrogen) atoms. The van der Waals surface area contributed by atoms with Gasteiger partial charge in [0.2, 0.25) is 0 Å². The summed E-state index contributed by atoms with van der Waals surface area (Å²) in [7, 11) is 1.90. The molecule has 0 amide bonds. The first-order valence-electron chi connectivity index (χ1n) is 8.96. The van der Waals surface area contributed by atoms with Crippen LogP contribution in [0.15, 0.2) is 23.2 Å². The zero-order chi connectivity index (χ0) is 18.6. The van der Waals surface area contributed by atoms with Crippen LogP contribution in [0.4, 0.5) is 5.69 Å². The third-order valence-electron chi connectivity index (χ3n) is 4.59. The molecular weight excluding hydrogens is 308 g/mol. The second-order valence-electron chi connectivity index (χ2n) is 6.79. The van der Waals surface area contributed by atoms with Gasteiger partial charge in [0.25, 0.3) is 0 Å². The Morgan fingerprint density at radius 3 is 2.56 bits per heavy atom. The number of anilines is 1. The Kier molecular flexibility index (Phi) is 6.18. The number of hydrogen-bond donors (Lipinski definition) is 3. The Labute approximate surface area is 151 Å². The molecular formula is C21H30N4. The van der Waals surface area contributed by atoms with Crippen LogP contribution in [0, 0.1) is 19.3 Å². The lowest BCUT2D eigenvalue weighted by atomic mass is 10.00. The Bertz CT molecular complexity index is 781. The van der Waals surface area contributed by atoms with Gasteiger partial charge in [-0.05, 0) is 37.3 Å². The van der Waals surface area contributed by atoms with Gasteiger partial charge in [0.1, 0.15) is 0 Å². The molecule has 0 atom stereocenters. The Balaban J connectivity index is 2.45. The number of rotatable bonds is 7. The fourth-order valence-electron chi connectivity index (χ4n) is 3.33. The Hall–Kier alpha value is -2.36. The zero-order valence-electron chi connectivity index (χ0n) is 16.2. The first-order chi connectivity index (χ1) is 11.9. The summed E-state index contributed by atoms with van der Waals surface area (Å²) in [6.07, 6.45) is 2.27. The van der Waals surface area contributed by atoms with E-state index in [-0.39, 0.29) is 0 Å². The van der Waals surface area contributed by atoms with Gasteiger partial charge in [-0.15, -0.1) is 0 Å². The van der Waals surface area contributed by atoms with E-state index >= 15 is 0 Å². The van der Waals surface area contributed by atoms with Crippen LogP contribution in [-0.4, -0.2) is 24.0 Å². The van der Waals surface area contributed by atoms with E-state index in [9.17, 15) is 0 Å². The van der Waals surface area contributed by atoms with Gasteiger partial charge in [0, 0.05) is 30.2 Å². The maximum Gasteiger partial charge on any atom is 0.0800 e. The molecule has 2 aromatic rings. The molecule has 0 aliphatic rings. The highest BCUT2D eigenvalue weighted by Gasteiger charge is 2.17. The van der Waals surface area contributed by atoms with Crippen LogP contribution < -0.4 is 5.32 Å². The molecule has 0 fully saturated rings. The summed E-state index contributed by atoms with van der Waals surface area (Å²) in [6.45, 7) is 11.4. The largest absolute Gasteiger partial charge is 0.386 e. The second kappa shape index (κ2) is 8.15. The van der Waals surface area contributed by atoms with Gasteiger partial charge in [0.15, 0.2) is 0 Å². The minimum atomic E-state index is 0.359. The highest BCUT2D eigenvalue weighted by Crippen LogP contribution is 2.30. The van der Waals surface area contributed by atoms with Crippen molar-refractivity contribution in [1.82, 2.24) is 4.98 Å². The van der Waals surface area contributed by atoms with Crippen molar-refractivity contribution in [3.63, 3.8) is 0 Å². The molecule has 0 saturated heterocycles. The standard InChI is InChI=1S/C21H30N4/c1-7-18(16-9-8-14(4)10-15(16)5)24-12-17-20(13(2)3)25-19(11-22)21(17)23-6/h8-11,13,22-23,25H,7,12H2,1-6H3. The van der Waals surface area contributed by atoms with Crippen LogP contribution in [-0.2, 0) is 6.54 Å². The monoisotopic (exact) mass is 338 g/mol. The van der Waals surface area contributed by atoms with Crippen LogP contribution >= 0.6 is 0 Å². The van der Waals surface area contributed by atoms with Gasteiger partial charge in [-0.3, -0.25) is 4.99 Å². The van der Waals surface area contributed by atoms with Gasteiger partial charge in [-0.2, -0.15) is 0 Å². The normalized spacial score (nSPS) is 11.9. The maximum absolute atomic E-state index is 7.64. The molecule has 2 rings (SSSR count). The minimum Gasteiger partial charge on any atom is -0.386 e. The van der Waals surface area contributed by atoms with Gasteiger partial charge >= 0.3 is 0 Å². The van der Waals surface area contributed by atoms with Crippen molar-refractivity contribution < 1.29 is 0 Å². The number of aryl methyl sites for hydroxylation is 2. The number of nitrogens with zero attached hydrogens (tertiary/aromatic N) is 1. The molecule has 0 aliphatic heterocycles. The molecule has 1 heterocycles. The quantitative estimate of drug-likeness (QED) is 0.597. The summed E-state index contributed by atoms with van der Waals surface area (Å²) in [4.78, 5) is 8.33. The molecule has 4 heteroatoms. The summed E-state index contributed by atoms with van der Waals surface area (Å²) >= 11 is 0. The van der Waals surface area contributed by atoms with Crippen molar-refractivity contribution in [3.8, 4) is 0 Å². The predicted octanol–water partition coefficient (Wildman–Crippen LogP) is 5.19. The number of aromatic nitrogens is 1. The fraction of sp³-hybridized carbons (Fsp3) is 0.429. The van der Waals surface area contributed by atoms with Crippen LogP contribution in [0.1, 0.15) is 66.8 Å². The highest BCUT2D eigenvalue weighted by atomic mass is 14.9. The maximum atomic E-state index is 7.64. The van der Waals surface area contributed by atoms with E-state index < -0.39 is 0 Å².